The first-order chi connectivity index (χ1) is 14.6. The van der Waals surface area contributed by atoms with Crippen LogP contribution < -0.4 is 14.8 Å². The molecule has 0 saturated carbocycles. The lowest BCUT2D eigenvalue weighted by Crippen LogP contribution is -2.53. The lowest BCUT2D eigenvalue weighted by atomic mass is 9.87. The first-order valence-electron chi connectivity index (χ1n) is 9.77. The Bertz CT molecular complexity index is 1180. The fourth-order valence-corrected chi connectivity index (χ4v) is 4.47. The lowest BCUT2D eigenvalue weighted by Gasteiger charge is -2.41. The van der Waals surface area contributed by atoms with Crippen LogP contribution >= 0.6 is 0 Å². The van der Waals surface area contributed by atoms with Crippen molar-refractivity contribution in [1.29, 1.82) is 0 Å². The zero-order valence-electron chi connectivity index (χ0n) is 16.5. The molecular formula is C23H21N3O4. The highest BCUT2D eigenvalue weighted by Gasteiger charge is 2.42. The molecule has 152 valence electrons. The van der Waals surface area contributed by atoms with Crippen molar-refractivity contribution in [1.82, 2.24) is 15.2 Å². The second-order valence-corrected chi connectivity index (χ2v) is 7.36. The fraction of sp³-hybridized carbons (Fsp3) is 0.217. The maximum Gasteiger partial charge on any atom is 0.247 e. The summed E-state index contributed by atoms with van der Waals surface area (Å²) in [7, 11) is 1.58. The Morgan fingerprint density at radius 3 is 2.80 bits per heavy atom. The predicted octanol–water partition coefficient (Wildman–Crippen LogP) is 2.67. The van der Waals surface area contributed by atoms with Gasteiger partial charge in [0.15, 0.2) is 11.5 Å². The second kappa shape index (κ2) is 6.95. The van der Waals surface area contributed by atoms with Crippen LogP contribution in [0.4, 0.5) is 0 Å². The molecule has 3 aromatic rings. The summed E-state index contributed by atoms with van der Waals surface area (Å²) in [4.78, 5) is 30.9. The molecule has 0 aliphatic carbocycles. The smallest absolute Gasteiger partial charge is 0.247 e. The summed E-state index contributed by atoms with van der Waals surface area (Å²) in [5.74, 6) is 0.761. The van der Waals surface area contributed by atoms with Crippen LogP contribution in [0.15, 0.2) is 55.1 Å². The molecule has 7 heteroatoms. The van der Waals surface area contributed by atoms with Gasteiger partial charge in [0, 0.05) is 30.1 Å². The van der Waals surface area contributed by atoms with Crippen molar-refractivity contribution in [3.8, 4) is 11.5 Å². The van der Waals surface area contributed by atoms with E-state index in [1.54, 1.807) is 11.9 Å². The standard InChI is InChI=1S/C23H21N3O4/c1-3-20(27)26-17(23(28)24-2)11-15-14-6-4-5-7-16(14)25-21(15)22(26)13-8-9-18-19(10-13)30-12-29-18/h3-10,17,22,25H,1,11-12H2,2H3,(H,24,28)/t17?,22-/m0/s1. The third-order valence-electron chi connectivity index (χ3n) is 5.82. The van der Waals surface area contributed by atoms with Crippen molar-refractivity contribution in [2.45, 2.75) is 18.5 Å². The summed E-state index contributed by atoms with van der Waals surface area (Å²) < 4.78 is 11.0. The quantitative estimate of drug-likeness (QED) is 0.659. The number of rotatable bonds is 3. The summed E-state index contributed by atoms with van der Waals surface area (Å²) >= 11 is 0. The largest absolute Gasteiger partial charge is 0.454 e. The van der Waals surface area contributed by atoms with Gasteiger partial charge in [0.05, 0.1) is 6.04 Å². The highest BCUT2D eigenvalue weighted by molar-refractivity contribution is 5.95. The van der Waals surface area contributed by atoms with Crippen molar-refractivity contribution < 1.29 is 19.1 Å². The normalized spacial score (nSPS) is 19.4. The number of para-hydroxylation sites is 1. The first-order valence-corrected chi connectivity index (χ1v) is 9.77. The molecule has 0 bridgehead atoms. The van der Waals surface area contributed by atoms with Gasteiger partial charge in [0.25, 0.3) is 0 Å². The van der Waals surface area contributed by atoms with E-state index >= 15 is 0 Å². The van der Waals surface area contributed by atoms with Gasteiger partial charge >= 0.3 is 0 Å². The van der Waals surface area contributed by atoms with Crippen LogP contribution in [-0.4, -0.2) is 41.6 Å². The Morgan fingerprint density at radius 1 is 1.20 bits per heavy atom. The van der Waals surface area contributed by atoms with E-state index in [1.807, 2.05) is 42.5 Å². The molecule has 1 unspecified atom stereocenters. The third-order valence-corrected chi connectivity index (χ3v) is 5.82. The van der Waals surface area contributed by atoms with Crippen molar-refractivity contribution in [2.75, 3.05) is 13.8 Å². The molecule has 2 aromatic carbocycles. The van der Waals surface area contributed by atoms with Gasteiger partial charge in [-0.3, -0.25) is 9.59 Å². The zero-order valence-corrected chi connectivity index (χ0v) is 16.5. The molecule has 0 saturated heterocycles. The maximum atomic E-state index is 13.0. The number of amides is 2. The second-order valence-electron chi connectivity index (χ2n) is 7.36. The van der Waals surface area contributed by atoms with Gasteiger partial charge in [0.2, 0.25) is 18.6 Å². The lowest BCUT2D eigenvalue weighted by molar-refractivity contribution is -0.139. The Hall–Kier alpha value is -3.74. The van der Waals surface area contributed by atoms with E-state index in [9.17, 15) is 9.59 Å². The summed E-state index contributed by atoms with van der Waals surface area (Å²) in [5.41, 5.74) is 3.73. The monoisotopic (exact) mass is 403 g/mol. The first kappa shape index (κ1) is 18.3. The molecule has 2 aliphatic rings. The number of aromatic nitrogens is 1. The number of carbonyl (C=O) groups excluding carboxylic acids is 2. The van der Waals surface area contributed by atoms with Crippen LogP contribution in [0.3, 0.4) is 0 Å². The third kappa shape index (κ3) is 2.66. The molecular weight excluding hydrogens is 382 g/mol. The Morgan fingerprint density at radius 2 is 2.00 bits per heavy atom. The number of carbonyl (C=O) groups is 2. The fourth-order valence-electron chi connectivity index (χ4n) is 4.47. The molecule has 0 radical (unpaired) electrons. The molecule has 0 spiro atoms. The van der Waals surface area contributed by atoms with E-state index in [0.717, 1.165) is 27.7 Å². The number of benzene rings is 2. The van der Waals surface area contributed by atoms with Gasteiger partial charge < -0.3 is 24.7 Å². The molecule has 2 aliphatic heterocycles. The van der Waals surface area contributed by atoms with Crippen LogP contribution in [0.5, 0.6) is 11.5 Å². The van der Waals surface area contributed by atoms with Gasteiger partial charge in [-0.05, 0) is 35.4 Å². The summed E-state index contributed by atoms with van der Waals surface area (Å²) in [5, 5.41) is 3.76. The number of nitrogens with zero attached hydrogens (tertiary/aromatic N) is 1. The predicted molar refractivity (Wildman–Crippen MR) is 111 cm³/mol. The van der Waals surface area contributed by atoms with Gasteiger partial charge in [-0.1, -0.05) is 30.8 Å². The summed E-state index contributed by atoms with van der Waals surface area (Å²) in [6.07, 6.45) is 1.67. The van der Waals surface area contributed by atoms with Crippen LogP contribution in [-0.2, 0) is 16.0 Å². The zero-order chi connectivity index (χ0) is 20.8. The Labute approximate surface area is 173 Å². The molecule has 1 aromatic heterocycles. The van der Waals surface area contributed by atoms with Gasteiger partial charge in [-0.15, -0.1) is 0 Å². The molecule has 7 nitrogen and oxygen atoms in total. The van der Waals surface area contributed by atoms with Gasteiger partial charge in [-0.25, -0.2) is 0 Å². The number of nitrogens with one attached hydrogen (secondary N) is 2. The number of ether oxygens (including phenoxy) is 2. The topological polar surface area (TPSA) is 83.7 Å². The van der Waals surface area contributed by atoms with Crippen LogP contribution in [0.25, 0.3) is 10.9 Å². The Balaban J connectivity index is 1.76. The molecule has 5 rings (SSSR count). The highest BCUT2D eigenvalue weighted by atomic mass is 16.7. The number of hydrogen-bond donors (Lipinski definition) is 2. The maximum absolute atomic E-state index is 13.0. The molecule has 2 atom stereocenters. The summed E-state index contributed by atoms with van der Waals surface area (Å²) in [6, 6.07) is 12.4. The molecule has 3 heterocycles. The highest BCUT2D eigenvalue weighted by Crippen LogP contribution is 2.43. The number of hydrogen-bond acceptors (Lipinski definition) is 4. The minimum absolute atomic E-state index is 0.164. The SMILES string of the molecule is C=CC(=O)N1C(C(=O)NC)Cc2c([nH]c3ccccc23)[C@@H]1c1ccc2c(c1)OCO2. The number of H-pyrrole nitrogens is 1. The van der Waals surface area contributed by atoms with Crippen molar-refractivity contribution in [3.63, 3.8) is 0 Å². The van der Waals surface area contributed by atoms with E-state index in [-0.39, 0.29) is 18.6 Å². The molecule has 30 heavy (non-hydrogen) atoms. The van der Waals surface area contributed by atoms with Crippen LogP contribution in [0, 0.1) is 0 Å². The van der Waals surface area contributed by atoms with Gasteiger partial charge in [-0.2, -0.15) is 0 Å². The van der Waals surface area contributed by atoms with E-state index < -0.39 is 12.1 Å². The van der Waals surface area contributed by atoms with E-state index in [1.165, 1.54) is 6.08 Å². The van der Waals surface area contributed by atoms with Crippen LogP contribution in [0.1, 0.15) is 22.9 Å². The minimum Gasteiger partial charge on any atom is -0.454 e. The molecule has 0 fully saturated rings. The average Bonchev–Trinajstić information content (AvgIpc) is 3.40. The molecule has 2 amide bonds. The van der Waals surface area contributed by atoms with Crippen molar-refractivity contribution >= 4 is 22.7 Å². The average molecular weight is 403 g/mol. The van der Waals surface area contributed by atoms with E-state index in [4.69, 9.17) is 9.47 Å². The van der Waals surface area contributed by atoms with E-state index in [2.05, 4.69) is 16.9 Å². The van der Waals surface area contributed by atoms with Gasteiger partial charge in [0.1, 0.15) is 6.04 Å². The van der Waals surface area contributed by atoms with E-state index in [0.29, 0.717) is 17.9 Å². The summed E-state index contributed by atoms with van der Waals surface area (Å²) in [6.45, 7) is 3.83. The molecule has 2 N–H and O–H groups in total. The number of likely N-dealkylation sites (N-methyl/N-ethyl adjacent to an activating group) is 1. The van der Waals surface area contributed by atoms with Crippen molar-refractivity contribution in [3.05, 3.63) is 71.9 Å². The minimum atomic E-state index is -0.664. The Kier molecular flexibility index (Phi) is 4.24. The number of aromatic amines is 1. The van der Waals surface area contributed by atoms with Crippen LogP contribution in [0.2, 0.25) is 0 Å². The van der Waals surface area contributed by atoms with Crippen molar-refractivity contribution in [2.24, 2.45) is 0 Å². The number of fused-ring (bicyclic) bond motifs is 4.